The van der Waals surface area contributed by atoms with Gasteiger partial charge in [0.1, 0.15) is 17.3 Å². The topological polar surface area (TPSA) is 82.2 Å². The molecule has 0 bridgehead atoms. The van der Waals surface area contributed by atoms with E-state index in [-0.39, 0.29) is 11.3 Å². The minimum atomic E-state index is -0.480. The number of nitro benzene ring substituents is 1. The third-order valence-corrected chi connectivity index (χ3v) is 4.30. The Kier molecular flexibility index (Phi) is 3.76. The third kappa shape index (κ3) is 2.98. The van der Waals surface area contributed by atoms with Crippen molar-refractivity contribution in [3.8, 4) is 6.07 Å². The molecule has 0 spiro atoms. The fraction of sp³-hybridized carbons (Fsp3) is 0.533. The Balaban J connectivity index is 1.65. The Morgan fingerprint density at radius 2 is 2.24 bits per heavy atom. The minimum Gasteiger partial charge on any atom is -0.379 e. The van der Waals surface area contributed by atoms with Crippen LogP contribution in [-0.4, -0.2) is 35.5 Å². The number of anilines is 1. The van der Waals surface area contributed by atoms with Crippen molar-refractivity contribution in [3.63, 3.8) is 0 Å². The molecular weight excluding hydrogens is 268 g/mol. The van der Waals surface area contributed by atoms with Crippen LogP contribution in [0.1, 0.15) is 24.8 Å². The van der Waals surface area contributed by atoms with Crippen molar-refractivity contribution >= 4 is 11.4 Å². The maximum absolute atomic E-state index is 11.2. The largest absolute Gasteiger partial charge is 0.379 e. The predicted octanol–water partition coefficient (Wildman–Crippen LogP) is 2.36. The quantitative estimate of drug-likeness (QED) is 0.663. The second-order valence-corrected chi connectivity index (χ2v) is 5.83. The first-order valence-corrected chi connectivity index (χ1v) is 7.34. The molecule has 6 nitrogen and oxygen atoms in total. The average molecular weight is 286 g/mol. The zero-order valence-corrected chi connectivity index (χ0v) is 11.8. The molecule has 1 aliphatic carbocycles. The van der Waals surface area contributed by atoms with Gasteiger partial charge < -0.3 is 10.2 Å². The summed E-state index contributed by atoms with van der Waals surface area (Å²) in [7, 11) is 0. The highest BCUT2D eigenvalue weighted by molar-refractivity contribution is 5.68. The van der Waals surface area contributed by atoms with Gasteiger partial charge >= 0.3 is 5.69 Å². The standard InChI is InChI=1S/C15H18N4O2/c16-8-12-2-1-3-14(15(12)19(20)21)17-9-11-6-7-18(10-11)13-4-5-13/h1-3,11,13,17H,4-7,9-10H2. The number of rotatable bonds is 5. The Hall–Kier alpha value is -2.13. The van der Waals surface area contributed by atoms with E-state index in [0.29, 0.717) is 11.6 Å². The zero-order valence-electron chi connectivity index (χ0n) is 11.8. The molecule has 2 fully saturated rings. The molecule has 0 radical (unpaired) electrons. The number of hydrogen-bond donors (Lipinski definition) is 1. The second-order valence-electron chi connectivity index (χ2n) is 5.83. The smallest absolute Gasteiger partial charge is 0.309 e. The molecule has 1 aliphatic heterocycles. The summed E-state index contributed by atoms with van der Waals surface area (Å²) < 4.78 is 0. The summed E-state index contributed by atoms with van der Waals surface area (Å²) in [6, 6.07) is 7.50. The molecule has 3 rings (SSSR count). The van der Waals surface area contributed by atoms with Crippen molar-refractivity contribution in [2.45, 2.75) is 25.3 Å². The van der Waals surface area contributed by atoms with E-state index in [1.165, 1.54) is 18.9 Å². The molecule has 21 heavy (non-hydrogen) atoms. The van der Waals surface area contributed by atoms with Gasteiger partial charge in [-0.15, -0.1) is 0 Å². The summed E-state index contributed by atoms with van der Waals surface area (Å²) in [5.41, 5.74) is 0.442. The Morgan fingerprint density at radius 3 is 2.90 bits per heavy atom. The SMILES string of the molecule is N#Cc1cccc(NCC2CCN(C3CC3)C2)c1[N+](=O)[O-]. The van der Waals surface area contributed by atoms with Crippen molar-refractivity contribution in [1.82, 2.24) is 4.90 Å². The molecule has 1 aromatic carbocycles. The fourth-order valence-electron chi connectivity index (χ4n) is 3.03. The van der Waals surface area contributed by atoms with Crippen LogP contribution in [0.4, 0.5) is 11.4 Å². The lowest BCUT2D eigenvalue weighted by Gasteiger charge is -2.15. The van der Waals surface area contributed by atoms with E-state index in [2.05, 4.69) is 10.2 Å². The molecule has 1 saturated carbocycles. The number of nitrogens with one attached hydrogen (secondary N) is 1. The first-order chi connectivity index (χ1) is 10.2. The fourth-order valence-corrected chi connectivity index (χ4v) is 3.03. The number of nitriles is 1. The molecule has 1 atom stereocenters. The Bertz CT molecular complexity index is 592. The maximum Gasteiger partial charge on any atom is 0.309 e. The second kappa shape index (κ2) is 5.70. The summed E-state index contributed by atoms with van der Waals surface area (Å²) in [4.78, 5) is 13.2. The highest BCUT2D eigenvalue weighted by Crippen LogP contribution is 2.33. The van der Waals surface area contributed by atoms with Gasteiger partial charge in [-0.3, -0.25) is 10.1 Å². The van der Waals surface area contributed by atoms with Gasteiger partial charge in [0.15, 0.2) is 0 Å². The lowest BCUT2D eigenvalue weighted by atomic mass is 10.1. The number of hydrogen-bond acceptors (Lipinski definition) is 5. The van der Waals surface area contributed by atoms with Gasteiger partial charge in [0, 0.05) is 19.1 Å². The van der Waals surface area contributed by atoms with Crippen molar-refractivity contribution < 1.29 is 4.92 Å². The van der Waals surface area contributed by atoms with Crippen LogP contribution in [0.15, 0.2) is 18.2 Å². The Morgan fingerprint density at radius 1 is 1.43 bits per heavy atom. The van der Waals surface area contributed by atoms with Crippen LogP contribution in [0.25, 0.3) is 0 Å². The molecule has 2 aliphatic rings. The number of nitro groups is 1. The van der Waals surface area contributed by atoms with Crippen molar-refractivity contribution in [2.24, 2.45) is 5.92 Å². The van der Waals surface area contributed by atoms with E-state index < -0.39 is 4.92 Å². The third-order valence-electron chi connectivity index (χ3n) is 4.30. The lowest BCUT2D eigenvalue weighted by molar-refractivity contribution is -0.384. The van der Waals surface area contributed by atoms with Gasteiger partial charge in [0.05, 0.1) is 4.92 Å². The monoisotopic (exact) mass is 286 g/mol. The highest BCUT2D eigenvalue weighted by atomic mass is 16.6. The van der Waals surface area contributed by atoms with Gasteiger partial charge in [-0.05, 0) is 43.9 Å². The van der Waals surface area contributed by atoms with Crippen molar-refractivity contribution in [2.75, 3.05) is 25.0 Å². The highest BCUT2D eigenvalue weighted by Gasteiger charge is 2.34. The van der Waals surface area contributed by atoms with Crippen LogP contribution < -0.4 is 5.32 Å². The van der Waals surface area contributed by atoms with Crippen molar-refractivity contribution in [1.29, 1.82) is 5.26 Å². The zero-order chi connectivity index (χ0) is 14.8. The molecule has 1 unspecified atom stereocenters. The average Bonchev–Trinajstić information content (AvgIpc) is 3.23. The summed E-state index contributed by atoms with van der Waals surface area (Å²) in [5.74, 6) is 0.524. The normalized spacial score (nSPS) is 22.0. The van der Waals surface area contributed by atoms with Gasteiger partial charge in [-0.25, -0.2) is 0 Å². The molecule has 110 valence electrons. The number of likely N-dealkylation sites (tertiary alicyclic amines) is 1. The van der Waals surface area contributed by atoms with E-state index in [1.54, 1.807) is 12.1 Å². The van der Waals surface area contributed by atoms with Crippen LogP contribution in [0.5, 0.6) is 0 Å². The summed E-state index contributed by atoms with van der Waals surface area (Å²) in [6.07, 6.45) is 3.76. The summed E-state index contributed by atoms with van der Waals surface area (Å²) in [5, 5.41) is 23.3. The maximum atomic E-state index is 11.2. The predicted molar refractivity (Wildman–Crippen MR) is 79.0 cm³/mol. The number of nitrogens with zero attached hydrogens (tertiary/aromatic N) is 3. The van der Waals surface area contributed by atoms with Gasteiger partial charge in [-0.1, -0.05) is 6.07 Å². The first-order valence-electron chi connectivity index (χ1n) is 7.34. The first kappa shape index (κ1) is 13.8. The van der Waals surface area contributed by atoms with Gasteiger partial charge in [0.2, 0.25) is 0 Å². The van der Waals surface area contributed by atoms with E-state index >= 15 is 0 Å². The van der Waals surface area contributed by atoms with Crippen LogP contribution in [0.3, 0.4) is 0 Å². The molecule has 0 aromatic heterocycles. The lowest BCUT2D eigenvalue weighted by Crippen LogP contribution is -2.24. The molecule has 1 heterocycles. The molecule has 1 aromatic rings. The van der Waals surface area contributed by atoms with Crippen LogP contribution >= 0.6 is 0 Å². The van der Waals surface area contributed by atoms with Gasteiger partial charge in [-0.2, -0.15) is 5.26 Å². The van der Waals surface area contributed by atoms with Crippen LogP contribution in [0, 0.1) is 27.4 Å². The molecule has 0 amide bonds. The van der Waals surface area contributed by atoms with E-state index in [9.17, 15) is 10.1 Å². The molecule has 1 saturated heterocycles. The van der Waals surface area contributed by atoms with Crippen LogP contribution in [0.2, 0.25) is 0 Å². The number of benzene rings is 1. The Labute approximate surface area is 123 Å². The number of para-hydroxylation sites is 1. The van der Waals surface area contributed by atoms with E-state index in [0.717, 1.165) is 32.1 Å². The molecule has 6 heteroatoms. The van der Waals surface area contributed by atoms with E-state index in [1.807, 2.05) is 6.07 Å². The summed E-state index contributed by atoms with van der Waals surface area (Å²) in [6.45, 7) is 2.93. The molecular formula is C15H18N4O2. The van der Waals surface area contributed by atoms with Crippen molar-refractivity contribution in [3.05, 3.63) is 33.9 Å². The minimum absolute atomic E-state index is 0.107. The van der Waals surface area contributed by atoms with E-state index in [4.69, 9.17) is 5.26 Å². The van der Waals surface area contributed by atoms with Gasteiger partial charge in [0.25, 0.3) is 0 Å². The molecule has 1 N–H and O–H groups in total. The van der Waals surface area contributed by atoms with Crippen LogP contribution in [-0.2, 0) is 0 Å². The summed E-state index contributed by atoms with van der Waals surface area (Å²) >= 11 is 0.